The first-order valence-corrected chi connectivity index (χ1v) is 11.6. The van der Waals surface area contributed by atoms with Crippen LogP contribution in [0.1, 0.15) is 20.8 Å². The standard InChI is InChI=1S/C31H24N2/c1-31(2,3)33-26-17-21-11-13-23-22(19-7-5-4-6-8-19)12-9-20-10-14-25(29(21)28(20)23)30(26)24-15-16-32-18-27(24)33/h4-18H,1-3H3. The van der Waals surface area contributed by atoms with Crippen molar-refractivity contribution in [1.82, 2.24) is 9.55 Å². The molecule has 7 aromatic rings. The fourth-order valence-corrected chi connectivity index (χ4v) is 5.82. The van der Waals surface area contributed by atoms with Gasteiger partial charge in [0, 0.05) is 22.5 Å². The SMILES string of the molecule is CC(C)(C)n1c2cnccc2c2c3ccc4ccc(-c5ccccc5)c5ccc(cc21)c3c45. The molecule has 0 saturated heterocycles. The number of aromatic nitrogens is 2. The first kappa shape index (κ1) is 18.6. The van der Waals surface area contributed by atoms with E-state index in [0.29, 0.717) is 0 Å². The van der Waals surface area contributed by atoms with Crippen molar-refractivity contribution in [3.63, 3.8) is 0 Å². The molecule has 2 nitrogen and oxygen atoms in total. The Morgan fingerprint density at radius 1 is 0.636 bits per heavy atom. The summed E-state index contributed by atoms with van der Waals surface area (Å²) in [5, 5.41) is 10.6. The summed E-state index contributed by atoms with van der Waals surface area (Å²) >= 11 is 0. The minimum atomic E-state index is -0.0513. The first-order valence-electron chi connectivity index (χ1n) is 11.6. The summed E-state index contributed by atoms with van der Waals surface area (Å²) in [4.78, 5) is 4.48. The minimum absolute atomic E-state index is 0.0513. The molecule has 0 saturated carbocycles. The maximum Gasteiger partial charge on any atom is 0.0683 e. The van der Waals surface area contributed by atoms with Gasteiger partial charge in [-0.05, 0) is 76.3 Å². The maximum absolute atomic E-state index is 4.48. The van der Waals surface area contributed by atoms with Gasteiger partial charge in [-0.25, -0.2) is 0 Å². The van der Waals surface area contributed by atoms with Crippen molar-refractivity contribution in [3.05, 3.63) is 91.3 Å². The lowest BCUT2D eigenvalue weighted by Crippen LogP contribution is -2.21. The highest BCUT2D eigenvalue weighted by atomic mass is 15.1. The van der Waals surface area contributed by atoms with E-state index in [4.69, 9.17) is 0 Å². The fraction of sp³-hybridized carbons (Fsp3) is 0.129. The van der Waals surface area contributed by atoms with Crippen LogP contribution >= 0.6 is 0 Å². The van der Waals surface area contributed by atoms with E-state index >= 15 is 0 Å². The van der Waals surface area contributed by atoms with E-state index in [1.54, 1.807) is 0 Å². The second kappa shape index (κ2) is 6.32. The van der Waals surface area contributed by atoms with Crippen LogP contribution in [-0.2, 0) is 5.54 Å². The molecule has 0 bridgehead atoms. The third kappa shape index (κ3) is 2.46. The van der Waals surface area contributed by atoms with Crippen LogP contribution in [0, 0.1) is 0 Å². The molecule has 0 atom stereocenters. The molecule has 5 aromatic carbocycles. The Kier molecular flexibility index (Phi) is 3.57. The van der Waals surface area contributed by atoms with E-state index < -0.39 is 0 Å². The average molecular weight is 425 g/mol. The third-order valence-electron chi connectivity index (χ3n) is 7.07. The summed E-state index contributed by atoms with van der Waals surface area (Å²) in [7, 11) is 0. The van der Waals surface area contributed by atoms with Crippen LogP contribution in [0.3, 0.4) is 0 Å². The van der Waals surface area contributed by atoms with Gasteiger partial charge >= 0.3 is 0 Å². The number of rotatable bonds is 1. The molecular formula is C31H24N2. The van der Waals surface area contributed by atoms with Crippen molar-refractivity contribution in [2.24, 2.45) is 0 Å². The zero-order chi connectivity index (χ0) is 22.3. The van der Waals surface area contributed by atoms with E-state index in [1.807, 2.05) is 12.4 Å². The van der Waals surface area contributed by atoms with Gasteiger partial charge in [0.1, 0.15) is 0 Å². The van der Waals surface area contributed by atoms with Gasteiger partial charge in [0.2, 0.25) is 0 Å². The molecule has 33 heavy (non-hydrogen) atoms. The summed E-state index contributed by atoms with van der Waals surface area (Å²) in [6, 6.07) is 29.0. The van der Waals surface area contributed by atoms with Crippen LogP contribution in [0.2, 0.25) is 0 Å². The Labute approximate surface area is 192 Å². The molecule has 0 unspecified atom stereocenters. The van der Waals surface area contributed by atoms with Crippen LogP contribution < -0.4 is 0 Å². The molecule has 0 amide bonds. The van der Waals surface area contributed by atoms with E-state index in [2.05, 4.69) is 109 Å². The van der Waals surface area contributed by atoms with Crippen molar-refractivity contribution < 1.29 is 0 Å². The van der Waals surface area contributed by atoms with Gasteiger partial charge in [0.05, 0.1) is 17.2 Å². The van der Waals surface area contributed by atoms with Crippen molar-refractivity contribution in [3.8, 4) is 11.1 Å². The highest BCUT2D eigenvalue weighted by molar-refractivity contribution is 6.33. The summed E-state index contributed by atoms with van der Waals surface area (Å²) in [6.07, 6.45) is 3.93. The number of benzene rings is 5. The van der Waals surface area contributed by atoms with Crippen LogP contribution in [0.4, 0.5) is 0 Å². The monoisotopic (exact) mass is 424 g/mol. The van der Waals surface area contributed by atoms with Gasteiger partial charge in [-0.1, -0.05) is 66.7 Å². The Balaban J connectivity index is 1.73. The molecule has 0 spiro atoms. The number of hydrogen-bond acceptors (Lipinski definition) is 1. The topological polar surface area (TPSA) is 17.8 Å². The molecule has 0 fully saturated rings. The number of nitrogens with zero attached hydrogens (tertiary/aromatic N) is 2. The molecule has 158 valence electrons. The van der Waals surface area contributed by atoms with E-state index in [0.717, 1.165) is 0 Å². The second-order valence-corrected chi connectivity index (χ2v) is 10.1. The third-order valence-corrected chi connectivity index (χ3v) is 7.07. The molecule has 2 aromatic heterocycles. The highest BCUT2D eigenvalue weighted by Crippen LogP contribution is 2.45. The van der Waals surface area contributed by atoms with Gasteiger partial charge in [-0.15, -0.1) is 0 Å². The lowest BCUT2D eigenvalue weighted by atomic mass is 9.88. The Morgan fingerprint density at radius 2 is 1.36 bits per heavy atom. The second-order valence-electron chi connectivity index (χ2n) is 10.1. The van der Waals surface area contributed by atoms with Crippen molar-refractivity contribution in [2.75, 3.05) is 0 Å². The molecule has 2 heteroatoms. The maximum atomic E-state index is 4.48. The van der Waals surface area contributed by atoms with E-state index in [9.17, 15) is 0 Å². The average Bonchev–Trinajstić information content (AvgIpc) is 3.17. The highest BCUT2D eigenvalue weighted by Gasteiger charge is 2.23. The predicted octanol–water partition coefficient (Wildman–Crippen LogP) is 8.51. The molecule has 7 rings (SSSR count). The molecular weight excluding hydrogens is 400 g/mol. The molecule has 0 N–H and O–H groups in total. The van der Waals surface area contributed by atoms with Crippen LogP contribution in [-0.4, -0.2) is 9.55 Å². The number of fused-ring (bicyclic) bond motifs is 4. The van der Waals surface area contributed by atoms with Crippen LogP contribution in [0.25, 0.3) is 65.3 Å². The molecule has 0 aliphatic heterocycles. The Hall–Kier alpha value is -3.91. The Bertz CT molecular complexity index is 1830. The largest absolute Gasteiger partial charge is 0.334 e. The zero-order valence-corrected chi connectivity index (χ0v) is 19.1. The smallest absolute Gasteiger partial charge is 0.0683 e. The summed E-state index contributed by atoms with van der Waals surface area (Å²) in [5.41, 5.74) is 4.97. The quantitative estimate of drug-likeness (QED) is 0.242. The van der Waals surface area contributed by atoms with Crippen LogP contribution in [0.15, 0.2) is 91.3 Å². The molecule has 0 aliphatic carbocycles. The summed E-state index contributed by atoms with van der Waals surface area (Å²) in [6.45, 7) is 6.82. The van der Waals surface area contributed by atoms with E-state index in [1.165, 1.54) is 65.3 Å². The summed E-state index contributed by atoms with van der Waals surface area (Å²) in [5.74, 6) is 0. The number of pyridine rings is 1. The minimum Gasteiger partial charge on any atom is -0.334 e. The normalized spacial score (nSPS) is 12.7. The fourth-order valence-electron chi connectivity index (χ4n) is 5.82. The predicted molar refractivity (Wildman–Crippen MR) is 141 cm³/mol. The van der Waals surface area contributed by atoms with E-state index in [-0.39, 0.29) is 5.54 Å². The van der Waals surface area contributed by atoms with Crippen molar-refractivity contribution in [1.29, 1.82) is 0 Å². The lowest BCUT2D eigenvalue weighted by molar-refractivity contribution is 0.423. The molecule has 0 aliphatic rings. The van der Waals surface area contributed by atoms with Gasteiger partial charge in [0.25, 0.3) is 0 Å². The molecule has 0 radical (unpaired) electrons. The van der Waals surface area contributed by atoms with Gasteiger partial charge in [-0.2, -0.15) is 0 Å². The zero-order valence-electron chi connectivity index (χ0n) is 19.1. The van der Waals surface area contributed by atoms with Crippen LogP contribution in [0.5, 0.6) is 0 Å². The van der Waals surface area contributed by atoms with Crippen molar-refractivity contribution >= 4 is 54.1 Å². The first-order chi connectivity index (χ1) is 16.0. The van der Waals surface area contributed by atoms with Crippen molar-refractivity contribution in [2.45, 2.75) is 26.3 Å². The Morgan fingerprint density at radius 3 is 2.18 bits per heavy atom. The van der Waals surface area contributed by atoms with Gasteiger partial charge < -0.3 is 4.57 Å². The summed E-state index contributed by atoms with van der Waals surface area (Å²) < 4.78 is 2.45. The lowest BCUT2D eigenvalue weighted by Gasteiger charge is -2.24. The molecule has 2 heterocycles. The number of hydrogen-bond donors (Lipinski definition) is 0. The van der Waals surface area contributed by atoms with Gasteiger partial charge in [-0.3, -0.25) is 4.98 Å². The van der Waals surface area contributed by atoms with Gasteiger partial charge in [0.15, 0.2) is 0 Å².